The monoisotopic (exact) mass is 496 g/mol. The van der Waals surface area contributed by atoms with Gasteiger partial charge in [-0.05, 0) is 51.0 Å². The lowest BCUT2D eigenvalue weighted by Crippen LogP contribution is -2.49. The fourth-order valence-corrected chi connectivity index (χ4v) is 5.22. The van der Waals surface area contributed by atoms with E-state index >= 15 is 0 Å². The van der Waals surface area contributed by atoms with Crippen LogP contribution in [0.2, 0.25) is 0 Å². The van der Waals surface area contributed by atoms with Gasteiger partial charge in [0.15, 0.2) is 5.75 Å². The van der Waals surface area contributed by atoms with Crippen LogP contribution in [0.15, 0.2) is 18.2 Å². The summed E-state index contributed by atoms with van der Waals surface area (Å²) < 4.78 is 24.8. The summed E-state index contributed by atoms with van der Waals surface area (Å²) in [7, 11) is 0. The Labute approximate surface area is 208 Å². The van der Waals surface area contributed by atoms with Crippen molar-refractivity contribution < 1.29 is 28.2 Å². The molecule has 9 nitrogen and oxygen atoms in total. The minimum atomic E-state index is -0.628. The summed E-state index contributed by atoms with van der Waals surface area (Å²) in [6.45, 7) is 5.75. The molecule has 2 fully saturated rings. The standard InChI is InChI=1S/C26H29FN4O5/c1-14-22(13-19-18-12-16(27)6-7-21(18)29-24(19)32)28-15(2)23(14)36-26(34)30-20-5-3-4-17(20)25(33)31-8-10-35-11-9-31/h6-7,12-13,17,20,28H,3-5,8-11H2,1-2H3,(H,29,32)(H,30,34)/b19-13-/t17-,20+/m0/s1. The number of hydrogen-bond donors (Lipinski definition) is 3. The van der Waals surface area contributed by atoms with E-state index in [4.69, 9.17) is 9.47 Å². The maximum atomic E-state index is 13.8. The van der Waals surface area contributed by atoms with Crippen LogP contribution in [-0.4, -0.2) is 60.1 Å². The van der Waals surface area contributed by atoms with E-state index in [2.05, 4.69) is 15.6 Å². The molecule has 1 aromatic carbocycles. The number of amides is 3. The van der Waals surface area contributed by atoms with E-state index in [1.54, 1.807) is 19.9 Å². The number of aromatic nitrogens is 1. The summed E-state index contributed by atoms with van der Waals surface area (Å²) in [5.41, 5.74) is 3.17. The van der Waals surface area contributed by atoms with Crippen molar-refractivity contribution in [2.24, 2.45) is 5.92 Å². The lowest BCUT2D eigenvalue weighted by Gasteiger charge is -2.31. The third-order valence-electron chi connectivity index (χ3n) is 7.11. The third kappa shape index (κ3) is 4.60. The first-order chi connectivity index (χ1) is 17.3. The molecule has 2 aromatic rings. The maximum absolute atomic E-state index is 13.8. The molecule has 1 aromatic heterocycles. The van der Waals surface area contributed by atoms with Gasteiger partial charge in [-0.25, -0.2) is 9.18 Å². The summed E-state index contributed by atoms with van der Waals surface area (Å²) >= 11 is 0. The Kier molecular flexibility index (Phi) is 6.53. The van der Waals surface area contributed by atoms with E-state index in [0.717, 1.165) is 12.8 Å². The summed E-state index contributed by atoms with van der Waals surface area (Å²) in [6, 6.07) is 3.84. The molecular weight excluding hydrogens is 467 g/mol. The van der Waals surface area contributed by atoms with Gasteiger partial charge in [-0.3, -0.25) is 9.59 Å². The van der Waals surface area contributed by atoms with Gasteiger partial charge in [-0.2, -0.15) is 0 Å². The first kappa shape index (κ1) is 24.1. The highest BCUT2D eigenvalue weighted by atomic mass is 19.1. The Morgan fingerprint density at radius 1 is 1.22 bits per heavy atom. The molecule has 3 amide bonds. The number of benzene rings is 1. The number of aryl methyl sites for hydroxylation is 1. The highest BCUT2D eigenvalue weighted by Crippen LogP contribution is 2.36. The van der Waals surface area contributed by atoms with Crippen LogP contribution >= 0.6 is 0 Å². The van der Waals surface area contributed by atoms with Crippen LogP contribution in [0.5, 0.6) is 5.75 Å². The first-order valence-corrected chi connectivity index (χ1v) is 12.2. The number of fused-ring (bicyclic) bond motifs is 1. The van der Waals surface area contributed by atoms with Crippen molar-refractivity contribution in [2.45, 2.75) is 39.2 Å². The number of H-pyrrole nitrogens is 1. The highest BCUT2D eigenvalue weighted by Gasteiger charge is 2.37. The van der Waals surface area contributed by atoms with Crippen LogP contribution in [0.25, 0.3) is 11.6 Å². The second-order valence-corrected chi connectivity index (χ2v) is 9.44. The molecule has 190 valence electrons. The Bertz CT molecular complexity index is 1250. The van der Waals surface area contributed by atoms with Crippen LogP contribution in [0.3, 0.4) is 0 Å². The summed E-state index contributed by atoms with van der Waals surface area (Å²) in [5, 5.41) is 5.61. The summed E-state index contributed by atoms with van der Waals surface area (Å²) in [4.78, 5) is 43.2. The fourth-order valence-electron chi connectivity index (χ4n) is 5.22. The van der Waals surface area contributed by atoms with Crippen LogP contribution in [0, 0.1) is 25.6 Å². The van der Waals surface area contributed by atoms with E-state index in [1.165, 1.54) is 18.2 Å². The van der Waals surface area contributed by atoms with E-state index < -0.39 is 11.9 Å². The predicted octanol–water partition coefficient (Wildman–Crippen LogP) is 3.38. The van der Waals surface area contributed by atoms with Gasteiger partial charge in [0.05, 0.1) is 30.4 Å². The number of rotatable bonds is 4. The van der Waals surface area contributed by atoms with Crippen LogP contribution in [0.4, 0.5) is 14.9 Å². The highest BCUT2D eigenvalue weighted by molar-refractivity contribution is 6.34. The largest absolute Gasteiger partial charge is 0.412 e. The Hall–Kier alpha value is -3.66. The van der Waals surface area contributed by atoms with Crippen molar-refractivity contribution >= 4 is 35.2 Å². The molecule has 0 spiro atoms. The van der Waals surface area contributed by atoms with Crippen LogP contribution in [-0.2, 0) is 14.3 Å². The zero-order chi connectivity index (χ0) is 25.4. The number of morpholine rings is 1. The topological polar surface area (TPSA) is 113 Å². The van der Waals surface area contributed by atoms with Crippen molar-refractivity contribution in [3.63, 3.8) is 0 Å². The number of halogens is 1. The molecule has 2 aliphatic heterocycles. The van der Waals surface area contributed by atoms with E-state index in [9.17, 15) is 18.8 Å². The van der Waals surface area contributed by atoms with Gasteiger partial charge < -0.3 is 30.0 Å². The van der Waals surface area contributed by atoms with Crippen molar-refractivity contribution in [1.29, 1.82) is 0 Å². The summed E-state index contributed by atoms with van der Waals surface area (Å²) in [5.74, 6) is -0.638. The molecule has 3 aliphatic rings. The summed E-state index contributed by atoms with van der Waals surface area (Å²) in [6.07, 6.45) is 3.29. The zero-order valence-electron chi connectivity index (χ0n) is 20.3. The zero-order valence-corrected chi connectivity index (χ0v) is 20.3. The number of carbonyl (C=O) groups is 3. The second kappa shape index (κ2) is 9.77. The number of ether oxygens (including phenoxy) is 2. The SMILES string of the molecule is Cc1[nH]c(/C=C2\C(=O)Nc3ccc(F)cc32)c(C)c1OC(=O)N[C@@H]1CCC[C@@H]1C(=O)N1CCOCC1. The molecule has 0 unspecified atom stereocenters. The van der Waals surface area contributed by atoms with Crippen LogP contribution in [0.1, 0.15) is 41.8 Å². The molecule has 36 heavy (non-hydrogen) atoms. The molecule has 2 atom stereocenters. The smallest absolute Gasteiger partial charge is 0.408 e. The normalized spacial score (nSPS) is 22.5. The molecule has 3 heterocycles. The Morgan fingerprint density at radius 3 is 2.78 bits per heavy atom. The molecule has 0 bridgehead atoms. The number of carbonyl (C=O) groups excluding carboxylic acids is 3. The average molecular weight is 497 g/mol. The Morgan fingerprint density at radius 2 is 2.00 bits per heavy atom. The van der Waals surface area contributed by atoms with Crippen molar-refractivity contribution in [3.8, 4) is 5.75 Å². The lowest BCUT2D eigenvalue weighted by atomic mass is 10.0. The molecule has 10 heteroatoms. The number of nitrogens with zero attached hydrogens (tertiary/aromatic N) is 1. The second-order valence-electron chi connectivity index (χ2n) is 9.44. The van der Waals surface area contributed by atoms with Crippen molar-refractivity contribution in [1.82, 2.24) is 15.2 Å². The third-order valence-corrected chi connectivity index (χ3v) is 7.11. The quantitative estimate of drug-likeness (QED) is 0.562. The van der Waals surface area contributed by atoms with E-state index in [-0.39, 0.29) is 23.8 Å². The van der Waals surface area contributed by atoms with Gasteiger partial charge in [0.25, 0.3) is 5.91 Å². The lowest BCUT2D eigenvalue weighted by molar-refractivity contribution is -0.140. The molecular formula is C26H29FN4O5. The number of hydrogen-bond acceptors (Lipinski definition) is 5. The average Bonchev–Trinajstić information content (AvgIpc) is 3.52. The molecule has 1 aliphatic carbocycles. The molecule has 1 saturated heterocycles. The van der Waals surface area contributed by atoms with Crippen molar-refractivity contribution in [3.05, 3.63) is 46.5 Å². The van der Waals surface area contributed by atoms with Gasteiger partial charge in [-0.15, -0.1) is 0 Å². The number of nitrogens with one attached hydrogen (secondary N) is 3. The van der Waals surface area contributed by atoms with Gasteiger partial charge in [0.1, 0.15) is 5.82 Å². The van der Waals surface area contributed by atoms with Gasteiger partial charge in [0, 0.05) is 41.6 Å². The number of aromatic amines is 1. The Balaban J connectivity index is 1.29. The predicted molar refractivity (Wildman–Crippen MR) is 131 cm³/mol. The fraction of sp³-hybridized carbons (Fsp3) is 0.423. The molecule has 5 rings (SSSR count). The van der Waals surface area contributed by atoms with Crippen LogP contribution < -0.4 is 15.4 Å². The van der Waals surface area contributed by atoms with E-state index in [1.807, 2.05) is 4.90 Å². The molecule has 0 radical (unpaired) electrons. The van der Waals surface area contributed by atoms with Gasteiger partial charge in [-0.1, -0.05) is 6.42 Å². The van der Waals surface area contributed by atoms with Crippen molar-refractivity contribution in [2.75, 3.05) is 31.6 Å². The minimum Gasteiger partial charge on any atom is -0.408 e. The molecule has 3 N–H and O–H groups in total. The maximum Gasteiger partial charge on any atom is 0.412 e. The van der Waals surface area contributed by atoms with Gasteiger partial charge in [0.2, 0.25) is 5.91 Å². The van der Waals surface area contributed by atoms with E-state index in [0.29, 0.717) is 72.2 Å². The first-order valence-electron chi connectivity index (χ1n) is 12.2. The minimum absolute atomic E-state index is 0.0515. The number of anilines is 1. The van der Waals surface area contributed by atoms with Gasteiger partial charge >= 0.3 is 6.09 Å². The molecule has 1 saturated carbocycles.